The first-order valence-corrected chi connectivity index (χ1v) is 12.4. The topological polar surface area (TPSA) is 125 Å². The van der Waals surface area contributed by atoms with E-state index in [1.54, 1.807) is 24.0 Å². The Morgan fingerprint density at radius 1 is 1.00 bits per heavy atom. The van der Waals surface area contributed by atoms with Gasteiger partial charge in [0, 0.05) is 26.1 Å². The van der Waals surface area contributed by atoms with Gasteiger partial charge in [-0.2, -0.15) is 4.98 Å². The summed E-state index contributed by atoms with van der Waals surface area (Å²) >= 11 is 0. The first kappa shape index (κ1) is 26.4. The monoisotopic (exact) mass is 514 g/mol. The third kappa shape index (κ3) is 6.36. The molecule has 0 fully saturated rings. The van der Waals surface area contributed by atoms with E-state index in [2.05, 4.69) is 15.6 Å². The number of aromatic nitrogens is 1. The van der Waals surface area contributed by atoms with Crippen LogP contribution in [-0.2, 0) is 24.3 Å². The van der Waals surface area contributed by atoms with Crippen LogP contribution in [0.2, 0.25) is 0 Å². The Hall–Kier alpha value is -4.66. The molecule has 1 aromatic heterocycles. The van der Waals surface area contributed by atoms with Crippen LogP contribution in [0, 0.1) is 6.92 Å². The van der Waals surface area contributed by atoms with E-state index < -0.39 is 17.8 Å². The molecule has 1 heterocycles. The van der Waals surface area contributed by atoms with Gasteiger partial charge in [0.1, 0.15) is 6.04 Å². The first-order chi connectivity index (χ1) is 18.4. The minimum absolute atomic E-state index is 0.0524. The second-order valence-electron chi connectivity index (χ2n) is 8.93. The maximum atomic E-state index is 13.7. The summed E-state index contributed by atoms with van der Waals surface area (Å²) in [5.74, 6) is -0.143. The molecule has 0 aliphatic rings. The molecule has 0 radical (unpaired) electrons. The molecule has 0 saturated heterocycles. The van der Waals surface area contributed by atoms with E-state index in [1.165, 1.54) is 0 Å². The molecule has 0 saturated carbocycles. The maximum Gasteiger partial charge on any atom is 0.404 e. The number of carbonyl (C=O) groups excluding carboxylic acids is 1. The minimum atomic E-state index is -1.16. The van der Waals surface area contributed by atoms with Crippen molar-refractivity contribution >= 4 is 28.9 Å². The molecule has 0 spiro atoms. The predicted molar refractivity (Wildman–Crippen MR) is 145 cm³/mol. The van der Waals surface area contributed by atoms with Crippen LogP contribution in [0.15, 0.2) is 82.0 Å². The molecule has 3 aromatic carbocycles. The summed E-state index contributed by atoms with van der Waals surface area (Å²) in [4.78, 5) is 43.8. The van der Waals surface area contributed by atoms with Gasteiger partial charge in [-0.1, -0.05) is 66.7 Å². The average molecular weight is 515 g/mol. The van der Waals surface area contributed by atoms with Crippen LogP contribution in [0.4, 0.5) is 10.8 Å². The molecule has 9 heteroatoms. The Morgan fingerprint density at radius 3 is 2.29 bits per heavy atom. The van der Waals surface area contributed by atoms with E-state index in [1.807, 2.05) is 67.6 Å². The van der Waals surface area contributed by atoms with Crippen LogP contribution in [0.1, 0.15) is 29.2 Å². The van der Waals surface area contributed by atoms with E-state index in [-0.39, 0.29) is 23.9 Å². The van der Waals surface area contributed by atoms with Crippen molar-refractivity contribution in [2.45, 2.75) is 39.4 Å². The zero-order valence-corrected chi connectivity index (χ0v) is 21.3. The lowest BCUT2D eigenvalue weighted by atomic mass is 10.0. The molecule has 0 bridgehead atoms. The number of nitrogens with zero attached hydrogens (tertiary/aromatic N) is 2. The van der Waals surface area contributed by atoms with Crippen molar-refractivity contribution in [3.8, 4) is 0 Å². The number of carboxylic acid groups (broad SMARTS) is 1. The van der Waals surface area contributed by atoms with Gasteiger partial charge in [0.15, 0.2) is 0 Å². The Morgan fingerprint density at radius 2 is 1.66 bits per heavy atom. The number of anilines is 1. The van der Waals surface area contributed by atoms with Gasteiger partial charge in [-0.3, -0.25) is 4.79 Å². The van der Waals surface area contributed by atoms with Crippen molar-refractivity contribution < 1.29 is 19.1 Å². The summed E-state index contributed by atoms with van der Waals surface area (Å²) < 4.78 is 5.52. The van der Waals surface area contributed by atoms with Crippen molar-refractivity contribution in [1.29, 1.82) is 0 Å². The van der Waals surface area contributed by atoms with E-state index in [4.69, 9.17) is 9.52 Å². The Labute approximate surface area is 220 Å². The lowest BCUT2D eigenvalue weighted by Crippen LogP contribution is -2.44. The van der Waals surface area contributed by atoms with Gasteiger partial charge >= 0.3 is 11.7 Å². The fourth-order valence-electron chi connectivity index (χ4n) is 4.36. The molecule has 4 rings (SSSR count). The van der Waals surface area contributed by atoms with Gasteiger partial charge in [-0.25, -0.2) is 9.59 Å². The standard InChI is InChI=1S/C29H30N4O5/c1-3-33(18-21-12-8-5-9-13-21)26(34)24(16-20-10-6-4-7-11-20)32-28-31-23-15-14-22(17-30-29(36)37)19(2)25(23)27(35)38-28/h4-15,24,30H,3,16-18H2,1-2H3,(H,31,32)(H,36,37)/t24-/m0/s1. The molecule has 4 aromatic rings. The number of benzene rings is 3. The summed E-state index contributed by atoms with van der Waals surface area (Å²) in [6.45, 7) is 4.65. The number of likely N-dealkylation sites (N-methyl/N-ethyl adjacent to an activating group) is 1. The van der Waals surface area contributed by atoms with Crippen LogP contribution in [-0.4, -0.2) is 39.6 Å². The lowest BCUT2D eigenvalue weighted by molar-refractivity contribution is -0.132. The van der Waals surface area contributed by atoms with Gasteiger partial charge in [0.25, 0.3) is 6.01 Å². The van der Waals surface area contributed by atoms with E-state index in [0.29, 0.717) is 36.2 Å². The number of hydrogen-bond acceptors (Lipinski definition) is 6. The molecule has 0 aliphatic carbocycles. The molecule has 9 nitrogen and oxygen atoms in total. The lowest BCUT2D eigenvalue weighted by Gasteiger charge is -2.27. The zero-order valence-electron chi connectivity index (χ0n) is 21.3. The van der Waals surface area contributed by atoms with Crippen molar-refractivity contribution in [2.24, 2.45) is 0 Å². The molecule has 3 N–H and O–H groups in total. The Kier molecular flexibility index (Phi) is 8.37. The molecule has 196 valence electrons. The second-order valence-corrected chi connectivity index (χ2v) is 8.93. The van der Waals surface area contributed by atoms with Gasteiger partial charge in [0.05, 0.1) is 10.9 Å². The van der Waals surface area contributed by atoms with Crippen LogP contribution < -0.4 is 16.3 Å². The Bertz CT molecular complexity index is 1470. The molecule has 0 unspecified atom stereocenters. The number of hydrogen-bond donors (Lipinski definition) is 3. The van der Waals surface area contributed by atoms with E-state index in [0.717, 1.165) is 11.1 Å². The number of rotatable bonds is 10. The summed E-state index contributed by atoms with van der Waals surface area (Å²) in [6, 6.07) is 21.9. The minimum Gasteiger partial charge on any atom is -0.465 e. The van der Waals surface area contributed by atoms with Gasteiger partial charge < -0.3 is 25.1 Å². The normalized spacial score (nSPS) is 11.6. The van der Waals surface area contributed by atoms with Gasteiger partial charge in [-0.15, -0.1) is 0 Å². The molecule has 1 atom stereocenters. The van der Waals surface area contributed by atoms with Crippen molar-refractivity contribution in [3.05, 3.63) is 105 Å². The zero-order chi connectivity index (χ0) is 27.1. The summed E-state index contributed by atoms with van der Waals surface area (Å²) in [5, 5.41) is 14.5. The van der Waals surface area contributed by atoms with E-state index >= 15 is 0 Å². The second kappa shape index (κ2) is 12.1. The molecule has 2 amide bonds. The molecular formula is C29H30N4O5. The highest BCUT2D eigenvalue weighted by molar-refractivity contribution is 5.86. The predicted octanol–water partition coefficient (Wildman–Crippen LogP) is 4.34. The van der Waals surface area contributed by atoms with Crippen molar-refractivity contribution in [2.75, 3.05) is 11.9 Å². The fourth-order valence-corrected chi connectivity index (χ4v) is 4.36. The number of carbonyl (C=O) groups is 2. The maximum absolute atomic E-state index is 13.7. The van der Waals surface area contributed by atoms with E-state index in [9.17, 15) is 14.4 Å². The number of nitrogens with one attached hydrogen (secondary N) is 2. The number of aryl methyl sites for hydroxylation is 1. The van der Waals surface area contributed by atoms with Gasteiger partial charge in [-0.05, 0) is 42.2 Å². The van der Waals surface area contributed by atoms with Crippen molar-refractivity contribution in [1.82, 2.24) is 15.2 Å². The van der Waals surface area contributed by atoms with Crippen LogP contribution in [0.25, 0.3) is 10.9 Å². The summed E-state index contributed by atoms with van der Waals surface area (Å²) in [7, 11) is 0. The van der Waals surface area contributed by atoms with Crippen LogP contribution in [0.3, 0.4) is 0 Å². The fraction of sp³-hybridized carbons (Fsp3) is 0.241. The Balaban J connectivity index is 1.64. The third-order valence-electron chi connectivity index (χ3n) is 6.39. The summed E-state index contributed by atoms with van der Waals surface area (Å²) in [6.07, 6.45) is -0.788. The molecule has 0 aliphatic heterocycles. The van der Waals surface area contributed by atoms with Crippen LogP contribution in [0.5, 0.6) is 0 Å². The highest BCUT2D eigenvalue weighted by Crippen LogP contribution is 2.20. The third-order valence-corrected chi connectivity index (χ3v) is 6.39. The summed E-state index contributed by atoms with van der Waals surface area (Å²) in [5.41, 5.74) is 2.97. The van der Waals surface area contributed by atoms with Crippen molar-refractivity contribution in [3.63, 3.8) is 0 Å². The number of fused-ring (bicyclic) bond motifs is 1. The van der Waals surface area contributed by atoms with Crippen LogP contribution >= 0.6 is 0 Å². The smallest absolute Gasteiger partial charge is 0.404 e. The SMILES string of the molecule is CCN(Cc1ccccc1)C(=O)[C@H](Cc1ccccc1)Nc1nc2ccc(CNC(=O)O)c(C)c2c(=O)o1. The molecule has 38 heavy (non-hydrogen) atoms. The van der Waals surface area contributed by atoms with Gasteiger partial charge in [0.2, 0.25) is 5.91 Å². The first-order valence-electron chi connectivity index (χ1n) is 12.4. The average Bonchev–Trinajstić information content (AvgIpc) is 2.91. The highest BCUT2D eigenvalue weighted by Gasteiger charge is 2.26. The largest absolute Gasteiger partial charge is 0.465 e. The quantitative estimate of drug-likeness (QED) is 0.288. The number of amides is 2. The molecular weight excluding hydrogens is 484 g/mol. The highest BCUT2D eigenvalue weighted by atomic mass is 16.4.